The maximum Gasteiger partial charge on any atom is 0.302 e. The lowest BCUT2D eigenvalue weighted by molar-refractivity contribution is -0.146. The molecule has 3 rings (SSSR count). The van der Waals surface area contributed by atoms with Gasteiger partial charge in [0.05, 0.1) is 19.1 Å². The summed E-state index contributed by atoms with van der Waals surface area (Å²) >= 11 is 0. The molecule has 5 nitrogen and oxygen atoms in total. The number of carbonyl (C=O) groups excluding carboxylic acids is 2. The van der Waals surface area contributed by atoms with Gasteiger partial charge in [0.1, 0.15) is 12.4 Å². The summed E-state index contributed by atoms with van der Waals surface area (Å²) in [6.45, 7) is 1.44. The molecule has 0 bridgehead atoms. The van der Waals surface area contributed by atoms with Crippen LogP contribution in [0.5, 0.6) is 5.75 Å². The average molecular weight is 325 g/mol. The van der Waals surface area contributed by atoms with Gasteiger partial charge in [-0.05, 0) is 29.8 Å². The Balaban J connectivity index is 1.90. The van der Waals surface area contributed by atoms with Crippen molar-refractivity contribution in [3.63, 3.8) is 0 Å². The van der Waals surface area contributed by atoms with Crippen LogP contribution in [0, 0.1) is 5.92 Å². The van der Waals surface area contributed by atoms with Crippen molar-refractivity contribution in [2.24, 2.45) is 5.92 Å². The number of hydrogen-bond donors (Lipinski definition) is 0. The largest absolute Gasteiger partial charge is 0.497 e. The number of para-hydroxylation sites is 1. The van der Waals surface area contributed by atoms with Gasteiger partial charge in [-0.15, -0.1) is 0 Å². The number of rotatable bonds is 5. The van der Waals surface area contributed by atoms with E-state index in [2.05, 4.69) is 0 Å². The van der Waals surface area contributed by atoms with Crippen LogP contribution >= 0.6 is 0 Å². The lowest BCUT2D eigenvalue weighted by Crippen LogP contribution is -2.57. The van der Waals surface area contributed by atoms with E-state index in [1.807, 2.05) is 54.6 Å². The van der Waals surface area contributed by atoms with Crippen LogP contribution in [0.25, 0.3) is 0 Å². The van der Waals surface area contributed by atoms with Crippen LogP contribution in [0.4, 0.5) is 5.69 Å². The summed E-state index contributed by atoms with van der Waals surface area (Å²) in [6, 6.07) is 16.9. The van der Waals surface area contributed by atoms with Gasteiger partial charge in [0.25, 0.3) is 0 Å². The number of carbonyl (C=O) groups is 2. The molecule has 0 unspecified atom stereocenters. The molecule has 1 aliphatic rings. The summed E-state index contributed by atoms with van der Waals surface area (Å²) in [5, 5.41) is 0. The number of amides is 1. The fourth-order valence-corrected chi connectivity index (χ4v) is 2.98. The molecule has 0 aromatic heterocycles. The van der Waals surface area contributed by atoms with Crippen molar-refractivity contribution in [3.05, 3.63) is 60.2 Å². The maximum absolute atomic E-state index is 12.6. The zero-order valence-corrected chi connectivity index (χ0v) is 13.6. The van der Waals surface area contributed by atoms with E-state index in [9.17, 15) is 9.59 Å². The second-order valence-corrected chi connectivity index (χ2v) is 5.67. The molecule has 1 saturated heterocycles. The van der Waals surface area contributed by atoms with Gasteiger partial charge in [-0.2, -0.15) is 0 Å². The number of anilines is 1. The SMILES string of the molecule is COc1ccc([C@H]2[C@H](COC(C)=O)C(=O)N2c2ccccc2)cc1. The lowest BCUT2D eigenvalue weighted by atomic mass is 9.82. The monoisotopic (exact) mass is 325 g/mol. The first-order chi connectivity index (χ1) is 11.6. The summed E-state index contributed by atoms with van der Waals surface area (Å²) in [6.07, 6.45) is 0. The third-order valence-corrected chi connectivity index (χ3v) is 4.17. The Kier molecular flexibility index (Phi) is 4.51. The van der Waals surface area contributed by atoms with Crippen LogP contribution in [0.1, 0.15) is 18.5 Å². The first-order valence-electron chi connectivity index (χ1n) is 7.77. The van der Waals surface area contributed by atoms with Crippen molar-refractivity contribution in [2.45, 2.75) is 13.0 Å². The molecule has 5 heteroatoms. The first kappa shape index (κ1) is 16.1. The first-order valence-corrected chi connectivity index (χ1v) is 7.77. The number of esters is 1. The van der Waals surface area contributed by atoms with E-state index in [4.69, 9.17) is 9.47 Å². The highest BCUT2D eigenvalue weighted by atomic mass is 16.5. The van der Waals surface area contributed by atoms with E-state index in [1.54, 1.807) is 12.0 Å². The molecule has 2 atom stereocenters. The Morgan fingerprint density at radius 3 is 2.33 bits per heavy atom. The molecule has 0 aliphatic carbocycles. The summed E-state index contributed by atoms with van der Waals surface area (Å²) in [7, 11) is 1.61. The van der Waals surface area contributed by atoms with E-state index in [-0.39, 0.29) is 30.4 Å². The zero-order chi connectivity index (χ0) is 17.1. The molecule has 0 spiro atoms. The topological polar surface area (TPSA) is 55.8 Å². The van der Waals surface area contributed by atoms with Crippen LogP contribution in [-0.4, -0.2) is 25.6 Å². The number of methoxy groups -OCH3 is 1. The van der Waals surface area contributed by atoms with Crippen molar-refractivity contribution >= 4 is 17.6 Å². The number of β-lactam (4-membered cyclic amide) rings is 1. The Bertz CT molecular complexity index is 727. The van der Waals surface area contributed by atoms with Crippen LogP contribution in [0.15, 0.2) is 54.6 Å². The highest BCUT2D eigenvalue weighted by Gasteiger charge is 2.49. The van der Waals surface area contributed by atoms with Crippen LogP contribution < -0.4 is 9.64 Å². The third-order valence-electron chi connectivity index (χ3n) is 4.17. The van der Waals surface area contributed by atoms with Crippen molar-refractivity contribution < 1.29 is 19.1 Å². The second-order valence-electron chi connectivity index (χ2n) is 5.67. The number of benzene rings is 2. The molecule has 2 aromatic carbocycles. The Hall–Kier alpha value is -2.82. The van der Waals surface area contributed by atoms with Gasteiger partial charge in [-0.1, -0.05) is 30.3 Å². The third kappa shape index (κ3) is 2.97. The van der Waals surface area contributed by atoms with Gasteiger partial charge < -0.3 is 14.4 Å². The minimum atomic E-state index is -0.380. The lowest BCUT2D eigenvalue weighted by Gasteiger charge is -2.47. The Morgan fingerprint density at radius 1 is 1.08 bits per heavy atom. The van der Waals surface area contributed by atoms with Crippen molar-refractivity contribution in [1.82, 2.24) is 0 Å². The Labute approximate surface area is 140 Å². The molecule has 1 heterocycles. The van der Waals surface area contributed by atoms with Gasteiger partial charge in [-0.25, -0.2) is 0 Å². The molecule has 0 radical (unpaired) electrons. The van der Waals surface area contributed by atoms with Gasteiger partial charge in [-0.3, -0.25) is 9.59 Å². The molecule has 1 fully saturated rings. The van der Waals surface area contributed by atoms with Gasteiger partial charge in [0.2, 0.25) is 5.91 Å². The van der Waals surface area contributed by atoms with E-state index in [0.717, 1.165) is 17.0 Å². The number of hydrogen-bond acceptors (Lipinski definition) is 4. The van der Waals surface area contributed by atoms with Gasteiger partial charge in [0.15, 0.2) is 0 Å². The molecular formula is C19H19NO4. The molecule has 24 heavy (non-hydrogen) atoms. The standard InChI is InChI=1S/C19H19NO4/c1-13(21)24-12-17-18(14-8-10-16(23-2)11-9-14)20(19(17)22)15-6-4-3-5-7-15/h3-11,17-18H,12H2,1-2H3/t17-,18-/m0/s1. The predicted molar refractivity (Wildman–Crippen MR) is 89.8 cm³/mol. The van der Waals surface area contributed by atoms with E-state index in [1.165, 1.54) is 6.92 Å². The van der Waals surface area contributed by atoms with Gasteiger partial charge >= 0.3 is 5.97 Å². The number of nitrogens with zero attached hydrogens (tertiary/aromatic N) is 1. The fourth-order valence-electron chi connectivity index (χ4n) is 2.98. The fraction of sp³-hybridized carbons (Fsp3) is 0.263. The van der Waals surface area contributed by atoms with Crippen molar-refractivity contribution in [3.8, 4) is 5.75 Å². The number of ether oxygens (including phenoxy) is 2. The van der Waals surface area contributed by atoms with Crippen LogP contribution in [-0.2, 0) is 14.3 Å². The summed E-state index contributed by atoms with van der Waals surface area (Å²) in [4.78, 5) is 25.4. The minimum Gasteiger partial charge on any atom is -0.497 e. The highest BCUT2D eigenvalue weighted by molar-refractivity contribution is 6.03. The quantitative estimate of drug-likeness (QED) is 0.626. The molecule has 2 aromatic rings. The summed E-state index contributed by atoms with van der Waals surface area (Å²) < 4.78 is 10.3. The molecule has 1 aliphatic heterocycles. The predicted octanol–water partition coefficient (Wildman–Crippen LogP) is 2.96. The molecule has 1 amide bonds. The maximum atomic E-state index is 12.6. The van der Waals surface area contributed by atoms with Crippen LogP contribution in [0.2, 0.25) is 0 Å². The minimum absolute atomic E-state index is 0.0386. The van der Waals surface area contributed by atoms with Crippen LogP contribution in [0.3, 0.4) is 0 Å². The van der Waals surface area contributed by atoms with Crippen molar-refractivity contribution in [1.29, 1.82) is 0 Å². The molecule has 0 N–H and O–H groups in total. The zero-order valence-electron chi connectivity index (χ0n) is 13.6. The van der Waals surface area contributed by atoms with Crippen molar-refractivity contribution in [2.75, 3.05) is 18.6 Å². The highest BCUT2D eigenvalue weighted by Crippen LogP contribution is 2.43. The summed E-state index contributed by atoms with van der Waals surface area (Å²) in [5.74, 6) is -0.0348. The van der Waals surface area contributed by atoms with Gasteiger partial charge in [0, 0.05) is 12.6 Å². The van der Waals surface area contributed by atoms with E-state index < -0.39 is 0 Å². The average Bonchev–Trinajstić information content (AvgIpc) is 2.60. The second kappa shape index (κ2) is 6.74. The van der Waals surface area contributed by atoms with E-state index in [0.29, 0.717) is 0 Å². The molecule has 124 valence electrons. The Morgan fingerprint density at radius 2 is 1.75 bits per heavy atom. The molecular weight excluding hydrogens is 306 g/mol. The van der Waals surface area contributed by atoms with E-state index >= 15 is 0 Å². The smallest absolute Gasteiger partial charge is 0.302 e. The normalized spacial score (nSPS) is 19.6. The molecule has 0 saturated carbocycles. The summed E-state index contributed by atoms with van der Waals surface area (Å²) in [5.41, 5.74) is 1.82.